The minimum absolute atomic E-state index is 0.0120. The van der Waals surface area contributed by atoms with Gasteiger partial charge in [-0.1, -0.05) is 55.4 Å². The number of hydrogen-bond donors (Lipinski definition) is 4. The average molecular weight is 647 g/mol. The Hall–Kier alpha value is -0.360. The third-order valence-electron chi connectivity index (χ3n) is 10.4. The Labute approximate surface area is 276 Å². The van der Waals surface area contributed by atoms with Gasteiger partial charge in [0.15, 0.2) is 6.29 Å². The highest BCUT2D eigenvalue weighted by molar-refractivity contribution is 4.86. The van der Waals surface area contributed by atoms with Crippen molar-refractivity contribution in [1.29, 1.82) is 0 Å². The molecule has 0 amide bonds. The van der Waals surface area contributed by atoms with Crippen LogP contribution in [-0.4, -0.2) is 109 Å². The van der Waals surface area contributed by atoms with Crippen molar-refractivity contribution >= 4 is 0 Å². The molecule has 0 radical (unpaired) electrons. The number of nitrogens with zero attached hydrogens (tertiary/aromatic N) is 1. The largest absolute Gasteiger partial charge is 0.393 e. The van der Waals surface area contributed by atoms with Crippen LogP contribution in [0.15, 0.2) is 0 Å². The van der Waals surface area contributed by atoms with Crippen molar-refractivity contribution in [3.63, 3.8) is 0 Å². The third-order valence-corrected chi connectivity index (χ3v) is 10.4. The highest BCUT2D eigenvalue weighted by Gasteiger charge is 2.39. The Morgan fingerprint density at radius 3 is 2.02 bits per heavy atom. The molecule has 9 heteroatoms. The van der Waals surface area contributed by atoms with Gasteiger partial charge in [0, 0.05) is 36.8 Å². The summed E-state index contributed by atoms with van der Waals surface area (Å²) in [6.07, 6.45) is 2.33. The molecule has 1 aliphatic rings. The van der Waals surface area contributed by atoms with E-state index in [1.54, 1.807) is 6.92 Å². The topological polar surface area (TPSA) is 127 Å². The van der Waals surface area contributed by atoms with Gasteiger partial charge >= 0.3 is 0 Å². The third kappa shape index (κ3) is 14.3. The first-order chi connectivity index (χ1) is 21.1. The normalized spacial score (nSPS) is 27.5. The molecule has 0 spiro atoms. The van der Waals surface area contributed by atoms with E-state index in [-0.39, 0.29) is 60.3 Å². The summed E-state index contributed by atoms with van der Waals surface area (Å²) < 4.78 is 26.5. The summed E-state index contributed by atoms with van der Waals surface area (Å²) in [5, 5.41) is 30.8. The van der Waals surface area contributed by atoms with Gasteiger partial charge < -0.3 is 44.9 Å². The fraction of sp³-hybridized carbons (Fsp3) is 1.00. The van der Waals surface area contributed by atoms with E-state index in [9.17, 15) is 15.3 Å². The van der Waals surface area contributed by atoms with E-state index >= 15 is 0 Å². The lowest BCUT2D eigenvalue weighted by molar-refractivity contribution is -0.246. The number of nitrogens with two attached hydrogens (primary N) is 1. The quantitative estimate of drug-likeness (QED) is 0.120. The Morgan fingerprint density at radius 2 is 1.49 bits per heavy atom. The molecule has 1 heterocycles. The lowest BCUT2D eigenvalue weighted by Crippen LogP contribution is -2.48. The van der Waals surface area contributed by atoms with E-state index in [0.29, 0.717) is 44.6 Å². The summed E-state index contributed by atoms with van der Waals surface area (Å²) in [7, 11) is 4.24. The molecule has 1 aliphatic heterocycles. The first-order valence-electron chi connectivity index (χ1n) is 18.0. The maximum Gasteiger partial charge on any atom is 0.159 e. The van der Waals surface area contributed by atoms with Crippen molar-refractivity contribution in [1.82, 2.24) is 4.90 Å². The summed E-state index contributed by atoms with van der Waals surface area (Å²) in [6.45, 7) is 22.3. The Morgan fingerprint density at radius 1 is 0.844 bits per heavy atom. The smallest absolute Gasteiger partial charge is 0.159 e. The summed E-state index contributed by atoms with van der Waals surface area (Å²) >= 11 is 0. The first kappa shape index (κ1) is 42.7. The van der Waals surface area contributed by atoms with Crippen molar-refractivity contribution < 1.29 is 34.3 Å². The zero-order valence-corrected chi connectivity index (χ0v) is 31.0. The molecule has 0 aromatic rings. The summed E-state index contributed by atoms with van der Waals surface area (Å²) in [4.78, 5) is 2.27. The van der Waals surface area contributed by atoms with Gasteiger partial charge in [0.05, 0.1) is 49.3 Å². The molecular weight excluding hydrogens is 572 g/mol. The van der Waals surface area contributed by atoms with Crippen molar-refractivity contribution in [2.75, 3.05) is 33.9 Å². The minimum Gasteiger partial charge on any atom is -0.393 e. The monoisotopic (exact) mass is 647 g/mol. The van der Waals surface area contributed by atoms with Crippen LogP contribution >= 0.6 is 0 Å². The molecule has 1 saturated heterocycles. The maximum atomic E-state index is 10.5. The number of hydrogen-bond acceptors (Lipinski definition) is 9. The second-order valence-corrected chi connectivity index (χ2v) is 14.9. The van der Waals surface area contributed by atoms with Gasteiger partial charge in [-0.15, -0.1) is 0 Å². The van der Waals surface area contributed by atoms with Gasteiger partial charge in [-0.3, -0.25) is 0 Å². The molecular formula is C36H74N2O7. The predicted octanol–water partition coefficient (Wildman–Crippen LogP) is 5.08. The van der Waals surface area contributed by atoms with Crippen LogP contribution in [0.3, 0.4) is 0 Å². The molecule has 0 bridgehead atoms. The Bertz CT molecular complexity index is 759. The highest BCUT2D eigenvalue weighted by atomic mass is 16.7. The van der Waals surface area contributed by atoms with Crippen molar-refractivity contribution in [2.45, 2.75) is 163 Å². The summed E-state index contributed by atoms with van der Waals surface area (Å²) in [5.74, 6) is 0.565. The molecule has 270 valence electrons. The van der Waals surface area contributed by atoms with Crippen LogP contribution in [0.5, 0.6) is 0 Å². The van der Waals surface area contributed by atoms with Crippen LogP contribution in [0.1, 0.15) is 108 Å². The maximum absolute atomic E-state index is 10.5. The van der Waals surface area contributed by atoms with E-state index in [4.69, 9.17) is 24.7 Å². The first-order valence-corrected chi connectivity index (χ1v) is 18.0. The van der Waals surface area contributed by atoms with Crippen LogP contribution in [0.25, 0.3) is 0 Å². The molecule has 1 fully saturated rings. The van der Waals surface area contributed by atoms with Crippen molar-refractivity contribution in [2.24, 2.45) is 41.2 Å². The molecule has 45 heavy (non-hydrogen) atoms. The van der Waals surface area contributed by atoms with Crippen LogP contribution in [0.2, 0.25) is 0 Å². The van der Waals surface area contributed by atoms with Crippen LogP contribution in [-0.2, 0) is 18.9 Å². The van der Waals surface area contributed by atoms with Gasteiger partial charge in [-0.25, -0.2) is 0 Å². The predicted molar refractivity (Wildman–Crippen MR) is 183 cm³/mol. The van der Waals surface area contributed by atoms with Gasteiger partial charge in [0.1, 0.15) is 0 Å². The zero-order chi connectivity index (χ0) is 34.4. The molecule has 1 rings (SSSR count). The van der Waals surface area contributed by atoms with Gasteiger partial charge in [0.25, 0.3) is 0 Å². The number of aliphatic hydroxyl groups is 3. The van der Waals surface area contributed by atoms with E-state index < -0.39 is 18.3 Å². The van der Waals surface area contributed by atoms with Gasteiger partial charge in [-0.05, 0) is 84.3 Å². The lowest BCUT2D eigenvalue weighted by Gasteiger charge is -2.43. The lowest BCUT2D eigenvalue weighted by atomic mass is 9.80. The van der Waals surface area contributed by atoms with Crippen molar-refractivity contribution in [3.05, 3.63) is 0 Å². The second kappa shape index (κ2) is 21.6. The fourth-order valence-electron chi connectivity index (χ4n) is 7.09. The van der Waals surface area contributed by atoms with E-state index in [2.05, 4.69) is 67.5 Å². The molecule has 0 aliphatic carbocycles. The van der Waals surface area contributed by atoms with Gasteiger partial charge in [-0.2, -0.15) is 0 Å². The van der Waals surface area contributed by atoms with Gasteiger partial charge in [0.2, 0.25) is 0 Å². The van der Waals surface area contributed by atoms with E-state index in [0.717, 1.165) is 25.7 Å². The number of ether oxygens (including phenoxy) is 4. The summed E-state index contributed by atoms with van der Waals surface area (Å²) in [5.41, 5.74) is 6.07. The molecule has 0 saturated carbocycles. The number of aliphatic hydroxyl groups excluding tert-OH is 3. The summed E-state index contributed by atoms with van der Waals surface area (Å²) in [6, 6.07) is 0.389. The van der Waals surface area contributed by atoms with E-state index in [1.807, 2.05) is 13.8 Å². The Kier molecular flexibility index (Phi) is 20.5. The SMILES string of the molecule is CCC(O)C(C)C(CC)OC[C@H](C)[C@H](OCC[C@H](C)[C@H](O)C(C)O)[C@@H](C)[C@H](OC1C[C@@H](N(C)C)CC(C)O1)[C@H](C)CC(C)CN. The molecule has 15 atom stereocenters. The van der Waals surface area contributed by atoms with Crippen LogP contribution in [0, 0.1) is 35.5 Å². The highest BCUT2D eigenvalue weighted by Crippen LogP contribution is 2.34. The Balaban J connectivity index is 3.29. The standard InChI is InChI=1S/C36H74N2O7/c1-13-31(40)27(8)32(14-2)43-21-25(6)35(42-16-15-23(4)34(41)29(10)39)28(9)36(24(5)17-22(3)20-37)45-33-19-30(38(11)12)18-26(7)44-33/h22-36,39-41H,13-21,37H2,1-12H3/t22?,23-,24+,25-,26?,27?,28+,29?,30-,31?,32?,33?,34-,35-,36+/m0/s1. The fourth-order valence-corrected chi connectivity index (χ4v) is 7.09. The van der Waals surface area contributed by atoms with Crippen molar-refractivity contribution in [3.8, 4) is 0 Å². The average Bonchev–Trinajstić information content (AvgIpc) is 3.00. The second-order valence-electron chi connectivity index (χ2n) is 14.9. The van der Waals surface area contributed by atoms with E-state index in [1.165, 1.54) is 0 Å². The molecule has 0 aromatic heterocycles. The molecule has 7 unspecified atom stereocenters. The van der Waals surface area contributed by atoms with Crippen LogP contribution < -0.4 is 5.73 Å². The molecule has 9 nitrogen and oxygen atoms in total. The minimum atomic E-state index is -0.800. The molecule has 5 N–H and O–H groups in total. The number of rotatable bonds is 23. The zero-order valence-electron chi connectivity index (χ0n) is 31.0. The van der Waals surface area contributed by atoms with Crippen LogP contribution in [0.4, 0.5) is 0 Å². The molecule has 0 aromatic carbocycles.